The molecule has 0 radical (unpaired) electrons. The lowest BCUT2D eigenvalue weighted by Crippen LogP contribution is -2.44. The van der Waals surface area contributed by atoms with Gasteiger partial charge in [-0.3, -0.25) is 9.59 Å². The van der Waals surface area contributed by atoms with Crippen LogP contribution in [0.1, 0.15) is 23.2 Å². The van der Waals surface area contributed by atoms with Crippen LogP contribution in [0.15, 0.2) is 66.7 Å². The van der Waals surface area contributed by atoms with Crippen LogP contribution in [0.5, 0.6) is 0 Å². The average Bonchev–Trinajstić information content (AvgIpc) is 2.96. The highest BCUT2D eigenvalue weighted by Gasteiger charge is 2.24. The molecule has 0 spiro atoms. The molecule has 0 bridgehead atoms. The molecule has 5 rings (SSSR count). The van der Waals surface area contributed by atoms with Crippen LogP contribution in [0.2, 0.25) is 0 Å². The van der Waals surface area contributed by atoms with Crippen molar-refractivity contribution in [1.82, 2.24) is 20.2 Å². The molecule has 7 nitrogen and oxygen atoms in total. The fraction of sp³-hybridized carbons (Fsp3) is 0.267. The predicted molar refractivity (Wildman–Crippen MR) is 144 cm³/mol. The maximum atomic E-state index is 13.6. The third kappa shape index (κ3) is 6.09. The van der Waals surface area contributed by atoms with E-state index in [1.807, 2.05) is 0 Å². The number of carbonyl (C=O) groups is 2. The first kappa shape index (κ1) is 26.4. The van der Waals surface area contributed by atoms with Crippen molar-refractivity contribution < 1.29 is 23.1 Å². The van der Waals surface area contributed by atoms with Crippen LogP contribution in [0.4, 0.5) is 8.78 Å². The number of fused-ring (bicyclic) bond motifs is 1. The Labute approximate surface area is 224 Å². The first-order valence-electron chi connectivity index (χ1n) is 12.8. The van der Waals surface area contributed by atoms with Gasteiger partial charge in [0.2, 0.25) is 5.91 Å². The number of piperidine rings is 1. The minimum Gasteiger partial charge on any atom is -0.375 e. The molecule has 0 aliphatic carbocycles. The van der Waals surface area contributed by atoms with E-state index in [9.17, 15) is 18.4 Å². The Morgan fingerprint density at radius 3 is 2.15 bits per heavy atom. The van der Waals surface area contributed by atoms with Crippen LogP contribution in [0, 0.1) is 17.6 Å². The van der Waals surface area contributed by atoms with Gasteiger partial charge in [0, 0.05) is 43.4 Å². The Balaban J connectivity index is 1.39. The highest BCUT2D eigenvalue weighted by atomic mass is 19.1. The molecule has 1 aromatic heterocycles. The summed E-state index contributed by atoms with van der Waals surface area (Å²) in [5, 5.41) is 2.99. The van der Waals surface area contributed by atoms with Gasteiger partial charge in [-0.1, -0.05) is 0 Å². The first-order valence-corrected chi connectivity index (χ1v) is 12.8. The van der Waals surface area contributed by atoms with E-state index in [0.29, 0.717) is 58.7 Å². The number of halogens is 2. The predicted octanol–water partition coefficient (Wildman–Crippen LogP) is 4.86. The van der Waals surface area contributed by atoms with Gasteiger partial charge < -0.3 is 15.0 Å². The van der Waals surface area contributed by atoms with Crippen LogP contribution < -0.4 is 5.32 Å². The third-order valence-electron chi connectivity index (χ3n) is 6.85. The number of nitrogens with zero attached hydrogens (tertiary/aromatic N) is 3. The van der Waals surface area contributed by atoms with Gasteiger partial charge in [0.25, 0.3) is 5.91 Å². The SMILES string of the molecule is COCC(=O)N1CCC[C@H](CNC(=O)c2ccc3nc(-c4ccc(F)cc4)c(-c4ccc(F)cc4)nc3c2)C1. The lowest BCUT2D eigenvalue weighted by Gasteiger charge is -2.32. The number of carbonyl (C=O) groups excluding carboxylic acids is 2. The largest absolute Gasteiger partial charge is 0.375 e. The van der Waals surface area contributed by atoms with Crippen LogP contribution >= 0.6 is 0 Å². The topological polar surface area (TPSA) is 84.4 Å². The molecule has 0 unspecified atom stereocenters. The molecule has 2 heterocycles. The van der Waals surface area contributed by atoms with E-state index in [2.05, 4.69) is 5.32 Å². The molecule has 200 valence electrons. The fourth-order valence-corrected chi connectivity index (χ4v) is 4.83. The van der Waals surface area contributed by atoms with Crippen LogP contribution in [-0.2, 0) is 9.53 Å². The van der Waals surface area contributed by atoms with Crippen LogP contribution in [0.3, 0.4) is 0 Å². The zero-order valence-electron chi connectivity index (χ0n) is 21.5. The molecule has 1 fully saturated rings. The van der Waals surface area contributed by atoms with Gasteiger partial charge in [0.1, 0.15) is 18.2 Å². The maximum Gasteiger partial charge on any atom is 0.251 e. The number of ether oxygens (including phenoxy) is 1. The number of benzene rings is 3. The van der Waals surface area contributed by atoms with Gasteiger partial charge in [0.05, 0.1) is 22.4 Å². The molecule has 39 heavy (non-hydrogen) atoms. The zero-order valence-corrected chi connectivity index (χ0v) is 21.5. The van der Waals surface area contributed by atoms with Crippen molar-refractivity contribution in [2.75, 3.05) is 33.4 Å². The molecule has 4 aromatic rings. The van der Waals surface area contributed by atoms with Gasteiger partial charge in [-0.15, -0.1) is 0 Å². The standard InChI is InChI=1S/C30H28F2N4O3/c1-39-18-27(37)36-14-2-3-19(17-36)16-33-30(38)22-8-13-25-26(15-22)35-29(21-6-11-24(32)12-7-21)28(34-25)20-4-9-23(31)10-5-20/h4-13,15,19H,2-3,14,16-18H2,1H3,(H,33,38)/t19-/m1/s1. The van der Waals surface area contributed by atoms with Crippen molar-refractivity contribution >= 4 is 22.8 Å². The second kappa shape index (κ2) is 11.7. The van der Waals surface area contributed by atoms with E-state index in [-0.39, 0.29) is 36.0 Å². The van der Waals surface area contributed by atoms with E-state index < -0.39 is 0 Å². The molecule has 1 aliphatic heterocycles. The van der Waals surface area contributed by atoms with Crippen molar-refractivity contribution in [2.45, 2.75) is 12.8 Å². The van der Waals surface area contributed by atoms with E-state index in [4.69, 9.17) is 14.7 Å². The zero-order chi connectivity index (χ0) is 27.4. The molecule has 1 atom stereocenters. The summed E-state index contributed by atoms with van der Waals surface area (Å²) in [6.45, 7) is 1.79. The molecule has 1 saturated heterocycles. The number of rotatable bonds is 7. The molecule has 3 aromatic carbocycles. The second-order valence-electron chi connectivity index (χ2n) is 9.63. The molecule has 2 amide bonds. The minimum absolute atomic E-state index is 0.0430. The number of nitrogens with one attached hydrogen (secondary N) is 1. The second-order valence-corrected chi connectivity index (χ2v) is 9.63. The van der Waals surface area contributed by atoms with Gasteiger partial charge in [0.15, 0.2) is 0 Å². The quantitative estimate of drug-likeness (QED) is 0.369. The van der Waals surface area contributed by atoms with Crippen molar-refractivity contribution in [1.29, 1.82) is 0 Å². The summed E-state index contributed by atoms with van der Waals surface area (Å²) < 4.78 is 32.2. The van der Waals surface area contributed by atoms with Crippen molar-refractivity contribution in [2.24, 2.45) is 5.92 Å². The Kier molecular flexibility index (Phi) is 7.88. The summed E-state index contributed by atoms with van der Waals surface area (Å²) in [7, 11) is 1.50. The fourth-order valence-electron chi connectivity index (χ4n) is 4.83. The number of amides is 2. The number of hydrogen-bond acceptors (Lipinski definition) is 5. The smallest absolute Gasteiger partial charge is 0.251 e. The Hall–Kier alpha value is -4.24. The Morgan fingerprint density at radius 1 is 0.923 bits per heavy atom. The summed E-state index contributed by atoms with van der Waals surface area (Å²) in [6.07, 6.45) is 1.80. The summed E-state index contributed by atoms with van der Waals surface area (Å²) in [6, 6.07) is 16.9. The number of aromatic nitrogens is 2. The molecule has 0 saturated carbocycles. The van der Waals surface area contributed by atoms with Crippen molar-refractivity contribution in [3.8, 4) is 22.5 Å². The van der Waals surface area contributed by atoms with Gasteiger partial charge in [-0.25, -0.2) is 18.7 Å². The Bertz CT molecular complexity index is 1490. The normalized spacial score (nSPS) is 15.4. The van der Waals surface area contributed by atoms with Crippen molar-refractivity contribution in [3.63, 3.8) is 0 Å². The third-order valence-corrected chi connectivity index (χ3v) is 6.85. The lowest BCUT2D eigenvalue weighted by atomic mass is 9.97. The summed E-state index contributed by atoms with van der Waals surface area (Å²) >= 11 is 0. The number of likely N-dealkylation sites (tertiary alicyclic amines) is 1. The van der Waals surface area contributed by atoms with E-state index in [1.54, 1.807) is 47.4 Å². The summed E-state index contributed by atoms with van der Waals surface area (Å²) in [4.78, 5) is 36.6. The van der Waals surface area contributed by atoms with E-state index in [0.717, 1.165) is 12.8 Å². The average molecular weight is 531 g/mol. The summed E-state index contributed by atoms with van der Waals surface area (Å²) in [5.74, 6) is -0.872. The molecule has 1 N–H and O–H groups in total. The lowest BCUT2D eigenvalue weighted by molar-refractivity contribution is -0.136. The first-order chi connectivity index (χ1) is 18.9. The molecule has 1 aliphatic rings. The Morgan fingerprint density at radius 2 is 1.54 bits per heavy atom. The molecular formula is C30H28F2N4O3. The molecular weight excluding hydrogens is 502 g/mol. The molecule has 9 heteroatoms. The van der Waals surface area contributed by atoms with Crippen LogP contribution in [0.25, 0.3) is 33.5 Å². The van der Waals surface area contributed by atoms with Gasteiger partial charge in [-0.2, -0.15) is 0 Å². The monoisotopic (exact) mass is 530 g/mol. The maximum absolute atomic E-state index is 13.6. The van der Waals surface area contributed by atoms with E-state index >= 15 is 0 Å². The highest BCUT2D eigenvalue weighted by Crippen LogP contribution is 2.31. The van der Waals surface area contributed by atoms with Crippen LogP contribution in [-0.4, -0.2) is 60.0 Å². The van der Waals surface area contributed by atoms with Crippen molar-refractivity contribution in [3.05, 3.63) is 83.9 Å². The minimum atomic E-state index is -0.376. The summed E-state index contributed by atoms with van der Waals surface area (Å²) in [5.41, 5.74) is 3.82. The van der Waals surface area contributed by atoms with Gasteiger partial charge >= 0.3 is 0 Å². The van der Waals surface area contributed by atoms with Gasteiger partial charge in [-0.05, 0) is 85.5 Å². The van der Waals surface area contributed by atoms with E-state index in [1.165, 1.54) is 31.4 Å². The number of hydrogen-bond donors (Lipinski definition) is 1. The highest BCUT2D eigenvalue weighted by molar-refractivity contribution is 5.98. The number of methoxy groups -OCH3 is 1.